The van der Waals surface area contributed by atoms with E-state index in [1.54, 1.807) is 4.90 Å². The van der Waals surface area contributed by atoms with E-state index in [0.29, 0.717) is 25.9 Å². The SMILES string of the molecule is CCC(=O)N(Cc1ccccc1)C(Cc1ccccc1)C(=O)NCCC1=CCCCC1. The summed E-state index contributed by atoms with van der Waals surface area (Å²) >= 11 is 0. The van der Waals surface area contributed by atoms with Crippen LogP contribution in [0.1, 0.15) is 56.6 Å². The molecule has 2 aromatic rings. The highest BCUT2D eigenvalue weighted by molar-refractivity contribution is 5.87. The van der Waals surface area contributed by atoms with Gasteiger partial charge in [0.05, 0.1) is 0 Å². The van der Waals surface area contributed by atoms with Gasteiger partial charge in [-0.05, 0) is 43.2 Å². The van der Waals surface area contributed by atoms with Gasteiger partial charge in [-0.3, -0.25) is 9.59 Å². The highest BCUT2D eigenvalue weighted by Gasteiger charge is 2.29. The fourth-order valence-electron chi connectivity index (χ4n) is 4.13. The number of carbonyl (C=O) groups excluding carboxylic acids is 2. The summed E-state index contributed by atoms with van der Waals surface area (Å²) < 4.78 is 0. The molecule has 2 aromatic carbocycles. The lowest BCUT2D eigenvalue weighted by Crippen LogP contribution is -2.50. The summed E-state index contributed by atoms with van der Waals surface area (Å²) in [7, 11) is 0. The minimum atomic E-state index is -0.532. The van der Waals surface area contributed by atoms with Gasteiger partial charge in [0.15, 0.2) is 0 Å². The van der Waals surface area contributed by atoms with E-state index < -0.39 is 6.04 Å². The molecular formula is C27H34N2O2. The monoisotopic (exact) mass is 418 g/mol. The Bertz CT molecular complexity index is 861. The molecule has 1 aliphatic rings. The van der Waals surface area contributed by atoms with Crippen molar-refractivity contribution in [1.29, 1.82) is 0 Å². The first-order valence-corrected chi connectivity index (χ1v) is 11.5. The molecule has 0 spiro atoms. The number of benzene rings is 2. The number of nitrogens with one attached hydrogen (secondary N) is 1. The zero-order valence-corrected chi connectivity index (χ0v) is 18.6. The molecule has 0 saturated carbocycles. The average molecular weight is 419 g/mol. The van der Waals surface area contributed by atoms with Crippen LogP contribution in [0.5, 0.6) is 0 Å². The number of hydrogen-bond donors (Lipinski definition) is 1. The molecule has 1 atom stereocenters. The molecule has 0 aromatic heterocycles. The number of carbonyl (C=O) groups is 2. The predicted octanol–water partition coefficient (Wildman–Crippen LogP) is 5.04. The van der Waals surface area contributed by atoms with E-state index >= 15 is 0 Å². The minimum Gasteiger partial charge on any atom is -0.354 e. The fourth-order valence-corrected chi connectivity index (χ4v) is 4.13. The molecule has 164 valence electrons. The smallest absolute Gasteiger partial charge is 0.243 e. The van der Waals surface area contributed by atoms with E-state index in [9.17, 15) is 9.59 Å². The maximum Gasteiger partial charge on any atom is 0.243 e. The van der Waals surface area contributed by atoms with Gasteiger partial charge >= 0.3 is 0 Å². The van der Waals surface area contributed by atoms with Gasteiger partial charge in [-0.25, -0.2) is 0 Å². The van der Waals surface area contributed by atoms with E-state index in [0.717, 1.165) is 30.4 Å². The van der Waals surface area contributed by atoms with Crippen LogP contribution < -0.4 is 5.32 Å². The van der Waals surface area contributed by atoms with Crippen molar-refractivity contribution in [1.82, 2.24) is 10.2 Å². The number of nitrogens with zero attached hydrogens (tertiary/aromatic N) is 1. The number of hydrogen-bond acceptors (Lipinski definition) is 2. The quantitative estimate of drug-likeness (QED) is 0.549. The average Bonchev–Trinajstić information content (AvgIpc) is 2.82. The van der Waals surface area contributed by atoms with Gasteiger partial charge in [-0.15, -0.1) is 0 Å². The molecule has 4 heteroatoms. The van der Waals surface area contributed by atoms with Crippen molar-refractivity contribution in [3.63, 3.8) is 0 Å². The Morgan fingerprint density at radius 3 is 2.26 bits per heavy atom. The summed E-state index contributed by atoms with van der Waals surface area (Å²) in [6.07, 6.45) is 8.89. The van der Waals surface area contributed by atoms with Gasteiger partial charge in [0.2, 0.25) is 11.8 Å². The Balaban J connectivity index is 1.75. The molecule has 0 heterocycles. The summed E-state index contributed by atoms with van der Waals surface area (Å²) in [5.74, 6) is -0.0760. The molecular weight excluding hydrogens is 384 g/mol. The molecule has 0 radical (unpaired) electrons. The molecule has 0 saturated heterocycles. The largest absolute Gasteiger partial charge is 0.354 e. The summed E-state index contributed by atoms with van der Waals surface area (Å²) in [4.78, 5) is 28.0. The third kappa shape index (κ3) is 7.09. The molecule has 1 aliphatic carbocycles. The van der Waals surface area contributed by atoms with Crippen LogP contribution in [0.25, 0.3) is 0 Å². The van der Waals surface area contributed by atoms with Crippen molar-refractivity contribution in [2.75, 3.05) is 6.54 Å². The Labute approximate surface area is 186 Å². The van der Waals surface area contributed by atoms with Gasteiger partial charge in [0.1, 0.15) is 6.04 Å². The minimum absolute atomic E-state index is 0.00470. The van der Waals surface area contributed by atoms with Crippen LogP contribution >= 0.6 is 0 Å². The normalized spacial score (nSPS) is 14.4. The van der Waals surface area contributed by atoms with Crippen LogP contribution in [-0.2, 0) is 22.6 Å². The predicted molar refractivity (Wildman–Crippen MR) is 125 cm³/mol. The lowest BCUT2D eigenvalue weighted by Gasteiger charge is -2.31. The van der Waals surface area contributed by atoms with Crippen LogP contribution in [0.4, 0.5) is 0 Å². The topological polar surface area (TPSA) is 49.4 Å². The third-order valence-electron chi connectivity index (χ3n) is 5.90. The maximum absolute atomic E-state index is 13.3. The second kappa shape index (κ2) is 12.1. The highest BCUT2D eigenvalue weighted by Crippen LogP contribution is 2.20. The van der Waals surface area contributed by atoms with Crippen LogP contribution in [-0.4, -0.2) is 29.3 Å². The zero-order chi connectivity index (χ0) is 21.9. The Morgan fingerprint density at radius 1 is 0.968 bits per heavy atom. The van der Waals surface area contributed by atoms with Gasteiger partial charge in [-0.1, -0.05) is 79.2 Å². The summed E-state index contributed by atoms with van der Waals surface area (Å²) in [5, 5.41) is 3.12. The third-order valence-corrected chi connectivity index (χ3v) is 5.90. The molecule has 31 heavy (non-hydrogen) atoms. The first-order chi connectivity index (χ1) is 15.2. The van der Waals surface area contributed by atoms with Gasteiger partial charge in [0.25, 0.3) is 0 Å². The standard InChI is InChI=1S/C27H34N2O2/c1-2-26(30)29(21-24-16-10-5-11-17-24)25(20-23-14-8-4-9-15-23)27(31)28-19-18-22-12-6-3-7-13-22/h4-5,8-12,14-17,25H,2-3,6-7,13,18-21H2,1H3,(H,28,31). The lowest BCUT2D eigenvalue weighted by molar-refractivity contribution is -0.141. The summed E-state index contributed by atoms with van der Waals surface area (Å²) in [6, 6.07) is 19.3. The van der Waals surface area contributed by atoms with Crippen molar-refractivity contribution in [3.05, 3.63) is 83.4 Å². The van der Waals surface area contributed by atoms with E-state index in [4.69, 9.17) is 0 Å². The molecule has 4 nitrogen and oxygen atoms in total. The van der Waals surface area contributed by atoms with Gasteiger partial charge in [-0.2, -0.15) is 0 Å². The number of rotatable bonds is 10. The molecule has 1 unspecified atom stereocenters. The second-order valence-electron chi connectivity index (χ2n) is 8.22. The van der Waals surface area contributed by atoms with Crippen LogP contribution in [0.3, 0.4) is 0 Å². The first kappa shape index (κ1) is 22.8. The Morgan fingerprint density at radius 2 is 1.65 bits per heavy atom. The highest BCUT2D eigenvalue weighted by atomic mass is 16.2. The van der Waals surface area contributed by atoms with Crippen LogP contribution in [0.15, 0.2) is 72.3 Å². The first-order valence-electron chi connectivity index (χ1n) is 11.5. The molecule has 0 fully saturated rings. The number of amides is 2. The maximum atomic E-state index is 13.3. The fraction of sp³-hybridized carbons (Fsp3) is 0.407. The summed E-state index contributed by atoms with van der Waals surface area (Å²) in [5.41, 5.74) is 3.53. The van der Waals surface area contributed by atoms with Crippen LogP contribution in [0, 0.1) is 0 Å². The van der Waals surface area contributed by atoms with Gasteiger partial charge < -0.3 is 10.2 Å². The molecule has 3 rings (SSSR count). The zero-order valence-electron chi connectivity index (χ0n) is 18.6. The second-order valence-corrected chi connectivity index (χ2v) is 8.22. The van der Waals surface area contributed by atoms with Crippen LogP contribution in [0.2, 0.25) is 0 Å². The van der Waals surface area contributed by atoms with E-state index in [1.165, 1.54) is 18.4 Å². The van der Waals surface area contributed by atoms with E-state index in [1.807, 2.05) is 67.6 Å². The van der Waals surface area contributed by atoms with Crippen molar-refractivity contribution >= 4 is 11.8 Å². The van der Waals surface area contributed by atoms with Gasteiger partial charge in [0, 0.05) is 25.9 Å². The lowest BCUT2D eigenvalue weighted by atomic mass is 9.97. The Kier molecular flexibility index (Phi) is 8.89. The number of allylic oxidation sites excluding steroid dienone is 1. The molecule has 0 bridgehead atoms. The van der Waals surface area contributed by atoms with Crippen molar-refractivity contribution < 1.29 is 9.59 Å². The van der Waals surface area contributed by atoms with Crippen molar-refractivity contribution in [2.24, 2.45) is 0 Å². The summed E-state index contributed by atoms with van der Waals surface area (Å²) in [6.45, 7) is 2.91. The molecule has 1 N–H and O–H groups in total. The Hall–Kier alpha value is -2.88. The van der Waals surface area contributed by atoms with E-state index in [-0.39, 0.29) is 11.8 Å². The molecule has 2 amide bonds. The molecule has 0 aliphatic heterocycles. The van der Waals surface area contributed by atoms with E-state index in [2.05, 4.69) is 11.4 Å². The van der Waals surface area contributed by atoms with Crippen molar-refractivity contribution in [3.8, 4) is 0 Å². The van der Waals surface area contributed by atoms with Crippen molar-refractivity contribution in [2.45, 2.75) is 64.5 Å².